The SMILES string of the molecule is CCn1ccnc1N(CC1CCCCN1)C(C)C. The van der Waals surface area contributed by atoms with Crippen LogP contribution in [0.5, 0.6) is 0 Å². The van der Waals surface area contributed by atoms with Gasteiger partial charge in [0, 0.05) is 37.6 Å². The summed E-state index contributed by atoms with van der Waals surface area (Å²) in [6.07, 6.45) is 7.94. The number of nitrogens with zero attached hydrogens (tertiary/aromatic N) is 3. The summed E-state index contributed by atoms with van der Waals surface area (Å²) in [5.74, 6) is 1.11. The summed E-state index contributed by atoms with van der Waals surface area (Å²) in [6, 6.07) is 1.10. The van der Waals surface area contributed by atoms with Crippen LogP contribution in [0.1, 0.15) is 40.0 Å². The number of aromatic nitrogens is 2. The van der Waals surface area contributed by atoms with Gasteiger partial charge in [-0.3, -0.25) is 0 Å². The lowest BCUT2D eigenvalue weighted by Crippen LogP contribution is -2.46. The maximum Gasteiger partial charge on any atom is 0.205 e. The first-order valence-corrected chi connectivity index (χ1v) is 7.23. The molecule has 0 saturated carbocycles. The summed E-state index contributed by atoms with van der Waals surface area (Å²) in [4.78, 5) is 6.96. The van der Waals surface area contributed by atoms with E-state index in [1.807, 2.05) is 6.20 Å². The van der Waals surface area contributed by atoms with Crippen molar-refractivity contribution < 1.29 is 0 Å². The summed E-state index contributed by atoms with van der Waals surface area (Å²) in [5, 5.41) is 3.63. The zero-order valence-corrected chi connectivity index (χ0v) is 11.9. The van der Waals surface area contributed by atoms with Gasteiger partial charge < -0.3 is 14.8 Å². The lowest BCUT2D eigenvalue weighted by Gasteiger charge is -2.34. The van der Waals surface area contributed by atoms with Gasteiger partial charge in [0.15, 0.2) is 0 Å². The summed E-state index contributed by atoms with van der Waals surface area (Å²) in [5.41, 5.74) is 0. The second-order valence-electron chi connectivity index (χ2n) is 5.41. The van der Waals surface area contributed by atoms with Crippen LogP contribution in [0.15, 0.2) is 12.4 Å². The molecule has 102 valence electrons. The van der Waals surface area contributed by atoms with Crippen LogP contribution in [0.4, 0.5) is 5.95 Å². The Labute approximate surface area is 110 Å². The molecule has 1 N–H and O–H groups in total. The van der Waals surface area contributed by atoms with Gasteiger partial charge in [-0.15, -0.1) is 0 Å². The van der Waals surface area contributed by atoms with Crippen LogP contribution >= 0.6 is 0 Å². The van der Waals surface area contributed by atoms with Crippen LogP contribution in [0, 0.1) is 0 Å². The van der Waals surface area contributed by atoms with Gasteiger partial charge in [-0.2, -0.15) is 0 Å². The molecule has 2 rings (SSSR count). The van der Waals surface area contributed by atoms with Gasteiger partial charge in [0.05, 0.1) is 0 Å². The molecule has 1 aromatic rings. The molecule has 0 aromatic carbocycles. The molecule has 0 spiro atoms. The van der Waals surface area contributed by atoms with Crippen LogP contribution in [0.25, 0.3) is 0 Å². The first-order valence-electron chi connectivity index (χ1n) is 7.23. The van der Waals surface area contributed by atoms with E-state index >= 15 is 0 Å². The fraction of sp³-hybridized carbons (Fsp3) is 0.786. The van der Waals surface area contributed by atoms with Crippen LogP contribution in [-0.2, 0) is 6.54 Å². The summed E-state index contributed by atoms with van der Waals surface area (Å²) in [7, 11) is 0. The zero-order chi connectivity index (χ0) is 13.0. The molecular formula is C14H26N4. The van der Waals surface area contributed by atoms with Gasteiger partial charge in [0.2, 0.25) is 5.95 Å². The number of hydrogen-bond acceptors (Lipinski definition) is 3. The molecular weight excluding hydrogens is 224 g/mol. The van der Waals surface area contributed by atoms with Gasteiger partial charge in [0.25, 0.3) is 0 Å². The molecule has 0 bridgehead atoms. The van der Waals surface area contributed by atoms with Gasteiger partial charge in [-0.1, -0.05) is 6.42 Å². The van der Waals surface area contributed by atoms with Crippen molar-refractivity contribution in [1.29, 1.82) is 0 Å². The van der Waals surface area contributed by atoms with Crippen molar-refractivity contribution in [2.45, 2.75) is 58.7 Å². The van der Waals surface area contributed by atoms with Crippen molar-refractivity contribution in [3.63, 3.8) is 0 Å². The predicted octanol–water partition coefficient (Wildman–Crippen LogP) is 2.26. The highest BCUT2D eigenvalue weighted by Gasteiger charge is 2.21. The van der Waals surface area contributed by atoms with E-state index in [1.54, 1.807) is 0 Å². The molecule has 1 saturated heterocycles. The predicted molar refractivity (Wildman–Crippen MR) is 76.0 cm³/mol. The van der Waals surface area contributed by atoms with Crippen molar-refractivity contribution in [2.75, 3.05) is 18.0 Å². The number of nitrogens with one attached hydrogen (secondary N) is 1. The van der Waals surface area contributed by atoms with E-state index in [-0.39, 0.29) is 0 Å². The van der Waals surface area contributed by atoms with Crippen molar-refractivity contribution in [1.82, 2.24) is 14.9 Å². The highest BCUT2D eigenvalue weighted by atomic mass is 15.3. The Kier molecular flexibility index (Phi) is 4.64. The Bertz CT molecular complexity index is 352. The maximum atomic E-state index is 4.54. The molecule has 0 amide bonds. The van der Waals surface area contributed by atoms with Crippen LogP contribution in [0.2, 0.25) is 0 Å². The highest BCUT2D eigenvalue weighted by molar-refractivity contribution is 5.33. The van der Waals surface area contributed by atoms with Crippen molar-refractivity contribution in [2.24, 2.45) is 0 Å². The lowest BCUT2D eigenvalue weighted by atomic mass is 10.0. The van der Waals surface area contributed by atoms with Gasteiger partial charge in [0.1, 0.15) is 0 Å². The topological polar surface area (TPSA) is 33.1 Å². The van der Waals surface area contributed by atoms with E-state index < -0.39 is 0 Å². The second kappa shape index (κ2) is 6.23. The molecule has 1 fully saturated rings. The Morgan fingerprint density at radius 2 is 2.33 bits per heavy atom. The molecule has 4 heteroatoms. The highest BCUT2D eigenvalue weighted by Crippen LogP contribution is 2.17. The number of hydrogen-bond donors (Lipinski definition) is 1. The molecule has 0 radical (unpaired) electrons. The number of piperidine rings is 1. The average molecular weight is 250 g/mol. The van der Waals surface area contributed by atoms with Crippen molar-refractivity contribution in [3.05, 3.63) is 12.4 Å². The normalized spacial score (nSPS) is 20.3. The number of aryl methyl sites for hydroxylation is 1. The van der Waals surface area contributed by atoms with E-state index in [4.69, 9.17) is 0 Å². The summed E-state index contributed by atoms with van der Waals surface area (Å²) in [6.45, 7) is 9.88. The minimum Gasteiger partial charge on any atom is -0.338 e. The molecule has 1 aliphatic heterocycles. The second-order valence-corrected chi connectivity index (χ2v) is 5.41. The fourth-order valence-corrected chi connectivity index (χ4v) is 2.65. The van der Waals surface area contributed by atoms with Crippen LogP contribution < -0.4 is 10.2 Å². The lowest BCUT2D eigenvalue weighted by molar-refractivity contribution is 0.390. The quantitative estimate of drug-likeness (QED) is 0.870. The Morgan fingerprint density at radius 1 is 1.50 bits per heavy atom. The molecule has 1 atom stereocenters. The van der Waals surface area contributed by atoms with Crippen LogP contribution in [0.3, 0.4) is 0 Å². The molecule has 4 nitrogen and oxygen atoms in total. The average Bonchev–Trinajstić information content (AvgIpc) is 2.84. The molecule has 1 aliphatic rings. The minimum atomic E-state index is 0.487. The number of imidazole rings is 1. The molecule has 1 aromatic heterocycles. The Hall–Kier alpha value is -1.03. The van der Waals surface area contributed by atoms with Gasteiger partial charge >= 0.3 is 0 Å². The smallest absolute Gasteiger partial charge is 0.205 e. The minimum absolute atomic E-state index is 0.487. The first-order chi connectivity index (χ1) is 8.72. The molecule has 0 aliphatic carbocycles. The largest absolute Gasteiger partial charge is 0.338 e. The summed E-state index contributed by atoms with van der Waals surface area (Å²) >= 11 is 0. The molecule has 2 heterocycles. The van der Waals surface area contributed by atoms with E-state index in [9.17, 15) is 0 Å². The maximum absolute atomic E-state index is 4.54. The van der Waals surface area contributed by atoms with Gasteiger partial charge in [-0.25, -0.2) is 4.98 Å². The molecule has 18 heavy (non-hydrogen) atoms. The zero-order valence-electron chi connectivity index (χ0n) is 11.9. The third kappa shape index (κ3) is 3.05. The third-order valence-electron chi connectivity index (χ3n) is 3.74. The number of rotatable bonds is 5. The van der Waals surface area contributed by atoms with E-state index in [2.05, 4.69) is 46.7 Å². The van der Waals surface area contributed by atoms with E-state index in [0.29, 0.717) is 12.1 Å². The van der Waals surface area contributed by atoms with Crippen molar-refractivity contribution >= 4 is 5.95 Å². The van der Waals surface area contributed by atoms with Gasteiger partial charge in [-0.05, 0) is 40.2 Å². The first kappa shape index (κ1) is 13.4. The Balaban J connectivity index is 2.08. The molecule has 1 unspecified atom stereocenters. The third-order valence-corrected chi connectivity index (χ3v) is 3.74. The monoisotopic (exact) mass is 250 g/mol. The van der Waals surface area contributed by atoms with Crippen LogP contribution in [-0.4, -0.2) is 34.7 Å². The van der Waals surface area contributed by atoms with Crippen molar-refractivity contribution in [3.8, 4) is 0 Å². The van der Waals surface area contributed by atoms with E-state index in [0.717, 1.165) is 19.0 Å². The number of anilines is 1. The standard InChI is InChI=1S/C14H26N4/c1-4-17-10-9-16-14(17)18(12(2)3)11-13-7-5-6-8-15-13/h9-10,12-13,15H,4-8,11H2,1-3H3. The van der Waals surface area contributed by atoms with E-state index in [1.165, 1.54) is 25.8 Å². The Morgan fingerprint density at radius 3 is 2.94 bits per heavy atom. The summed E-state index contributed by atoms with van der Waals surface area (Å²) < 4.78 is 2.23. The fourth-order valence-electron chi connectivity index (χ4n) is 2.65.